The Morgan fingerprint density at radius 2 is 1.67 bits per heavy atom. The van der Waals surface area contributed by atoms with Gasteiger partial charge in [-0.1, -0.05) is 53.2 Å². The highest BCUT2D eigenvalue weighted by atomic mass is 32.3. The number of carbonyl (C=O) groups excluding carboxylic acids is 1. The highest BCUT2D eigenvalue weighted by molar-refractivity contribution is 8.22. The number of fused-ring (bicyclic) bond motifs is 1. The third-order valence-electron chi connectivity index (χ3n) is 5.05. The van der Waals surface area contributed by atoms with E-state index in [1.807, 2.05) is 6.07 Å². The number of benzene rings is 3. The quantitative estimate of drug-likeness (QED) is 0.498. The van der Waals surface area contributed by atoms with Crippen LogP contribution in [0.5, 0.6) is 0 Å². The summed E-state index contributed by atoms with van der Waals surface area (Å²) in [6.45, 7) is 0. The Kier molecular flexibility index (Phi) is 4.84. The third kappa shape index (κ3) is 3.13. The van der Waals surface area contributed by atoms with Crippen LogP contribution in [0.3, 0.4) is 0 Å². The van der Waals surface area contributed by atoms with E-state index in [1.54, 1.807) is 60.7 Å². The lowest BCUT2D eigenvalue weighted by Gasteiger charge is -2.46. The number of ketones is 1. The molecule has 3 aromatic carbocycles. The number of Topliss-reactive ketones (excluding diaryl/α,β-unsaturated/α-hetero) is 1. The van der Waals surface area contributed by atoms with Crippen molar-refractivity contribution in [1.82, 2.24) is 4.31 Å². The number of likely N-dealkylation sites (N-methyl/N-ethyl adjacent to an activating group) is 1. The van der Waals surface area contributed by atoms with E-state index in [0.717, 1.165) is 15.4 Å². The van der Waals surface area contributed by atoms with Crippen molar-refractivity contribution in [2.24, 2.45) is 0 Å². The van der Waals surface area contributed by atoms with Gasteiger partial charge in [0.1, 0.15) is 5.70 Å². The topological polar surface area (TPSA) is 105 Å². The van der Waals surface area contributed by atoms with E-state index in [9.17, 15) is 19.0 Å². The molecule has 7 heteroatoms. The van der Waals surface area contributed by atoms with Crippen molar-refractivity contribution in [3.8, 4) is 17.2 Å². The van der Waals surface area contributed by atoms with Crippen molar-refractivity contribution in [3.05, 3.63) is 95.2 Å². The third-order valence-corrected chi connectivity index (χ3v) is 6.94. The van der Waals surface area contributed by atoms with Crippen LogP contribution in [0.1, 0.15) is 21.5 Å². The number of nitriles is 1. The summed E-state index contributed by atoms with van der Waals surface area (Å²) in [4.78, 5) is 13.5. The van der Waals surface area contributed by atoms with Gasteiger partial charge in [-0.25, -0.2) is 0 Å². The van der Waals surface area contributed by atoms with Crippen LogP contribution in [0.4, 0.5) is 0 Å². The fraction of sp³-hybridized carbons (Fsp3) is 0.0435. The second kappa shape index (κ2) is 7.35. The van der Waals surface area contributed by atoms with Gasteiger partial charge in [0.15, 0.2) is 5.76 Å². The van der Waals surface area contributed by atoms with E-state index < -0.39 is 16.6 Å². The van der Waals surface area contributed by atoms with Gasteiger partial charge in [0.25, 0.3) is 0 Å². The zero-order valence-electron chi connectivity index (χ0n) is 16.0. The van der Waals surface area contributed by atoms with Gasteiger partial charge in [-0.15, -0.1) is 0 Å². The molecule has 3 N–H and O–H groups in total. The number of carbonyl (C=O) groups is 1. The maximum atomic E-state index is 13.3. The Morgan fingerprint density at radius 1 is 0.967 bits per heavy atom. The highest BCUT2D eigenvalue weighted by Crippen LogP contribution is 2.58. The molecule has 0 amide bonds. The Balaban J connectivity index is 1.79. The summed E-state index contributed by atoms with van der Waals surface area (Å²) in [7, 11) is -2.09. The number of aliphatic hydroxyl groups is 1. The van der Waals surface area contributed by atoms with Crippen LogP contribution in [-0.2, 0) is 0 Å². The maximum absolute atomic E-state index is 13.3. The molecule has 1 aliphatic heterocycles. The lowest BCUT2D eigenvalue weighted by atomic mass is 9.98. The van der Waals surface area contributed by atoms with Gasteiger partial charge in [-0.05, 0) is 41.5 Å². The van der Waals surface area contributed by atoms with Gasteiger partial charge in [0, 0.05) is 18.2 Å². The molecule has 3 aromatic rings. The molecule has 1 aliphatic rings. The van der Waals surface area contributed by atoms with Gasteiger partial charge in [-0.2, -0.15) is 5.26 Å². The predicted molar refractivity (Wildman–Crippen MR) is 116 cm³/mol. The van der Waals surface area contributed by atoms with Crippen LogP contribution < -0.4 is 0 Å². The van der Waals surface area contributed by atoms with Gasteiger partial charge in [-0.3, -0.25) is 18.2 Å². The molecule has 150 valence electrons. The van der Waals surface area contributed by atoms with E-state index in [4.69, 9.17) is 5.26 Å². The standard InChI is InChI=1S/C23H18N2O4S/c1-25-21(23(27)19-7-2-3-8-20(19)30(25,28)29)22(26)18-6-4-5-17(13-18)16-11-9-15(14-24)10-12-16/h2-13,27-29H,1H3. The minimum atomic E-state index is -3.46. The fourth-order valence-electron chi connectivity index (χ4n) is 3.42. The van der Waals surface area contributed by atoms with E-state index in [-0.39, 0.29) is 21.9 Å². The number of hydrogen-bond acceptors (Lipinski definition) is 6. The molecule has 0 spiro atoms. The fourth-order valence-corrected chi connectivity index (χ4v) is 4.86. The summed E-state index contributed by atoms with van der Waals surface area (Å²) in [6, 6.07) is 22.2. The predicted octanol–water partition coefficient (Wildman–Crippen LogP) is 5.30. The molecular weight excluding hydrogens is 400 g/mol. The molecule has 1 heterocycles. The molecule has 0 aromatic heterocycles. The number of hydrogen-bond donors (Lipinski definition) is 3. The van der Waals surface area contributed by atoms with Crippen LogP contribution in [0.2, 0.25) is 0 Å². The van der Waals surface area contributed by atoms with Crippen molar-refractivity contribution < 1.29 is 19.0 Å². The summed E-state index contributed by atoms with van der Waals surface area (Å²) in [5, 5.41) is 19.7. The summed E-state index contributed by atoms with van der Waals surface area (Å²) in [5.74, 6) is -0.826. The molecule has 0 radical (unpaired) electrons. The smallest absolute Gasteiger partial charge is 0.214 e. The second-order valence-corrected chi connectivity index (χ2v) is 8.83. The first kappa shape index (κ1) is 19.7. The molecule has 30 heavy (non-hydrogen) atoms. The Morgan fingerprint density at radius 3 is 2.37 bits per heavy atom. The average Bonchev–Trinajstić information content (AvgIpc) is 2.78. The lowest BCUT2D eigenvalue weighted by Crippen LogP contribution is -2.32. The van der Waals surface area contributed by atoms with Crippen LogP contribution in [-0.4, -0.2) is 31.3 Å². The van der Waals surface area contributed by atoms with E-state index in [0.29, 0.717) is 11.1 Å². The summed E-state index contributed by atoms with van der Waals surface area (Å²) < 4.78 is 22.4. The Labute approximate surface area is 175 Å². The maximum Gasteiger partial charge on any atom is 0.214 e. The first-order chi connectivity index (χ1) is 14.3. The first-order valence-corrected chi connectivity index (χ1v) is 10.5. The zero-order valence-corrected chi connectivity index (χ0v) is 16.8. The molecule has 0 unspecified atom stereocenters. The molecule has 0 saturated carbocycles. The van der Waals surface area contributed by atoms with Crippen molar-refractivity contribution >= 4 is 22.3 Å². The van der Waals surface area contributed by atoms with Crippen molar-refractivity contribution in [2.75, 3.05) is 7.05 Å². The zero-order chi connectivity index (χ0) is 21.5. The van der Waals surface area contributed by atoms with E-state index in [2.05, 4.69) is 6.07 Å². The van der Waals surface area contributed by atoms with Crippen LogP contribution >= 0.6 is 10.8 Å². The average molecular weight is 418 g/mol. The molecule has 0 aliphatic carbocycles. The minimum absolute atomic E-state index is 0.174. The van der Waals surface area contributed by atoms with E-state index in [1.165, 1.54) is 13.1 Å². The SMILES string of the molecule is CN1C(C(=O)c2cccc(-c3ccc(C#N)cc3)c2)=C(O)c2ccccc2S1(O)O. The normalized spacial score (nSPS) is 15.9. The number of allylic oxidation sites excluding steroid dienone is 1. The molecule has 0 saturated heterocycles. The van der Waals surface area contributed by atoms with Gasteiger partial charge in [0.05, 0.1) is 16.5 Å². The molecule has 6 nitrogen and oxygen atoms in total. The minimum Gasteiger partial charge on any atom is -0.505 e. The summed E-state index contributed by atoms with van der Waals surface area (Å²) in [6.07, 6.45) is 0. The molecule has 0 atom stereocenters. The number of nitrogens with zero attached hydrogens (tertiary/aromatic N) is 2. The summed E-state index contributed by atoms with van der Waals surface area (Å²) >= 11 is 0. The van der Waals surface area contributed by atoms with Crippen LogP contribution in [0.25, 0.3) is 16.9 Å². The second-order valence-electron chi connectivity index (χ2n) is 6.81. The molecular formula is C23H18N2O4S. The van der Waals surface area contributed by atoms with Gasteiger partial charge >= 0.3 is 0 Å². The number of rotatable bonds is 3. The van der Waals surface area contributed by atoms with Gasteiger partial charge < -0.3 is 5.11 Å². The summed E-state index contributed by atoms with van der Waals surface area (Å²) in [5.41, 5.74) is 2.46. The highest BCUT2D eigenvalue weighted by Gasteiger charge is 2.38. The van der Waals surface area contributed by atoms with Crippen LogP contribution in [0, 0.1) is 11.3 Å². The Bertz CT molecular complexity index is 1230. The van der Waals surface area contributed by atoms with Crippen molar-refractivity contribution in [3.63, 3.8) is 0 Å². The first-order valence-electron chi connectivity index (χ1n) is 9.04. The van der Waals surface area contributed by atoms with E-state index >= 15 is 0 Å². The molecule has 4 rings (SSSR count). The van der Waals surface area contributed by atoms with Crippen LogP contribution in [0.15, 0.2) is 83.4 Å². The van der Waals surface area contributed by atoms with Gasteiger partial charge in [0.2, 0.25) is 5.78 Å². The number of aliphatic hydroxyl groups excluding tert-OH is 1. The lowest BCUT2D eigenvalue weighted by molar-refractivity contribution is 0.101. The van der Waals surface area contributed by atoms with Crippen molar-refractivity contribution in [1.29, 1.82) is 5.26 Å². The molecule has 0 fully saturated rings. The van der Waals surface area contributed by atoms with Crippen molar-refractivity contribution in [2.45, 2.75) is 4.90 Å². The monoisotopic (exact) mass is 418 g/mol. The molecule has 0 bridgehead atoms. The largest absolute Gasteiger partial charge is 0.505 e. The Hall–Kier alpha value is -3.57.